The Balaban J connectivity index is 1.53. The van der Waals surface area contributed by atoms with Gasteiger partial charge in [0.15, 0.2) is 0 Å². The molecule has 0 saturated heterocycles. The maximum absolute atomic E-state index is 14.5. The summed E-state index contributed by atoms with van der Waals surface area (Å²) in [6.07, 6.45) is 6.14. The molecule has 2 atom stereocenters. The monoisotopic (exact) mass is 448 g/mol. The first-order chi connectivity index (χ1) is 12.1. The van der Waals surface area contributed by atoms with Crippen molar-refractivity contribution in [2.75, 3.05) is 5.32 Å². The second kappa shape index (κ2) is 5.23. The molecule has 1 fully saturated rings. The van der Waals surface area contributed by atoms with Gasteiger partial charge in [0.1, 0.15) is 29.8 Å². The summed E-state index contributed by atoms with van der Waals surface area (Å²) < 4.78 is 21.4. The zero-order chi connectivity index (χ0) is 17.2. The van der Waals surface area contributed by atoms with Gasteiger partial charge in [-0.1, -0.05) is 6.92 Å². The number of hydrogen-bond donors (Lipinski definition) is 1. The number of nitrogens with one attached hydrogen (secondary N) is 1. The van der Waals surface area contributed by atoms with Crippen LogP contribution in [0.3, 0.4) is 0 Å². The molecule has 7 heteroatoms. The van der Waals surface area contributed by atoms with E-state index in [9.17, 15) is 4.39 Å². The highest BCUT2D eigenvalue weighted by Crippen LogP contribution is 2.60. The van der Waals surface area contributed by atoms with Crippen molar-refractivity contribution in [3.63, 3.8) is 0 Å². The lowest BCUT2D eigenvalue weighted by Crippen LogP contribution is -2.11. The Morgan fingerprint density at radius 1 is 1.36 bits per heavy atom. The number of hydrogen-bond acceptors (Lipinski definition) is 5. The summed E-state index contributed by atoms with van der Waals surface area (Å²) >= 11 is 2.20. The van der Waals surface area contributed by atoms with Crippen LogP contribution >= 0.6 is 22.6 Å². The Morgan fingerprint density at radius 2 is 2.24 bits per heavy atom. The Kier molecular flexibility index (Phi) is 3.19. The summed E-state index contributed by atoms with van der Waals surface area (Å²) in [4.78, 5) is 12.8. The van der Waals surface area contributed by atoms with Crippen molar-refractivity contribution in [1.29, 1.82) is 0 Å². The number of halogens is 2. The average molecular weight is 448 g/mol. The highest BCUT2D eigenvalue weighted by molar-refractivity contribution is 14.1. The van der Waals surface area contributed by atoms with E-state index in [1.807, 2.05) is 0 Å². The van der Waals surface area contributed by atoms with Crippen LogP contribution in [0.4, 0.5) is 10.2 Å². The topological polar surface area (TPSA) is 59.9 Å². The van der Waals surface area contributed by atoms with Gasteiger partial charge in [0, 0.05) is 35.5 Å². The van der Waals surface area contributed by atoms with Gasteiger partial charge in [0.2, 0.25) is 0 Å². The van der Waals surface area contributed by atoms with Gasteiger partial charge in [-0.3, -0.25) is 0 Å². The maximum Gasteiger partial charge on any atom is 0.137 e. The van der Waals surface area contributed by atoms with Gasteiger partial charge < -0.3 is 10.1 Å². The van der Waals surface area contributed by atoms with Crippen molar-refractivity contribution in [3.05, 3.63) is 51.4 Å². The van der Waals surface area contributed by atoms with Crippen LogP contribution in [0.15, 0.2) is 30.9 Å². The van der Waals surface area contributed by atoms with Crippen molar-refractivity contribution in [3.8, 4) is 5.75 Å². The number of rotatable bonds is 3. The van der Waals surface area contributed by atoms with E-state index in [4.69, 9.17) is 4.74 Å². The Bertz CT molecular complexity index is 1030. The Labute approximate surface area is 157 Å². The van der Waals surface area contributed by atoms with Gasteiger partial charge in [-0.25, -0.2) is 19.3 Å². The van der Waals surface area contributed by atoms with E-state index >= 15 is 0 Å². The summed E-state index contributed by atoms with van der Waals surface area (Å²) in [6, 6.07) is 3.21. The normalized spacial score (nSPS) is 23.1. The summed E-state index contributed by atoms with van der Waals surface area (Å²) in [6.45, 7) is 2.48. The molecule has 0 radical (unpaired) electrons. The molecule has 25 heavy (non-hydrogen) atoms. The molecule has 1 aliphatic carbocycles. The second-order valence-electron chi connectivity index (χ2n) is 6.72. The molecule has 5 rings (SSSR count). The van der Waals surface area contributed by atoms with Gasteiger partial charge in [0.05, 0.1) is 14.5 Å². The van der Waals surface area contributed by atoms with Gasteiger partial charge in [0.25, 0.3) is 0 Å². The molecule has 2 aromatic heterocycles. The summed E-state index contributed by atoms with van der Waals surface area (Å²) in [7, 11) is 0. The summed E-state index contributed by atoms with van der Waals surface area (Å²) in [5, 5.41) is 4.10. The van der Waals surface area contributed by atoms with Gasteiger partial charge in [-0.15, -0.1) is 0 Å². The SMILES string of the molecule is C[C@@]12C[C@@H]1Oc1ccc(F)c(CNc3ncc(I)c4ncncc34)c12. The fourth-order valence-electron chi connectivity index (χ4n) is 3.67. The maximum atomic E-state index is 14.5. The van der Waals surface area contributed by atoms with Crippen molar-refractivity contribution in [2.45, 2.75) is 31.4 Å². The molecule has 1 aromatic carbocycles. The number of aromatic nitrogens is 3. The summed E-state index contributed by atoms with van der Waals surface area (Å²) in [5.74, 6) is 1.25. The van der Waals surface area contributed by atoms with Gasteiger partial charge >= 0.3 is 0 Å². The van der Waals surface area contributed by atoms with E-state index in [1.165, 1.54) is 12.4 Å². The fraction of sp³-hybridized carbons (Fsp3) is 0.278. The molecule has 0 spiro atoms. The van der Waals surface area contributed by atoms with Gasteiger partial charge in [-0.2, -0.15) is 0 Å². The van der Waals surface area contributed by atoms with Crippen LogP contribution in [-0.2, 0) is 12.0 Å². The standard InChI is InChI=1S/C18H14FIN4O/c1-18-4-14(18)25-13-3-2-11(19)9(15(13)18)6-22-17-10-5-21-8-24-16(10)12(20)7-23-17/h2-3,5,7-8,14H,4,6H2,1H3,(H,22,23)/t14-,18+/m0/s1. The van der Waals surface area contributed by atoms with Crippen LogP contribution in [0.2, 0.25) is 0 Å². The highest BCUT2D eigenvalue weighted by atomic mass is 127. The third kappa shape index (κ3) is 2.21. The Hall–Kier alpha value is -2.03. The Morgan fingerprint density at radius 3 is 3.12 bits per heavy atom. The molecule has 0 bridgehead atoms. The molecule has 126 valence electrons. The fourth-order valence-corrected chi connectivity index (χ4v) is 4.24. The first-order valence-corrected chi connectivity index (χ1v) is 9.12. The van der Waals surface area contributed by atoms with E-state index in [1.54, 1.807) is 18.5 Å². The minimum atomic E-state index is -0.213. The van der Waals surface area contributed by atoms with Crippen LogP contribution in [0.25, 0.3) is 10.9 Å². The number of pyridine rings is 1. The van der Waals surface area contributed by atoms with E-state index in [0.29, 0.717) is 17.9 Å². The average Bonchev–Trinajstić information content (AvgIpc) is 3.18. The molecule has 3 aromatic rings. The van der Waals surface area contributed by atoms with Gasteiger partial charge in [-0.05, 0) is 41.1 Å². The van der Waals surface area contributed by atoms with Crippen molar-refractivity contribution < 1.29 is 9.13 Å². The molecule has 1 saturated carbocycles. The van der Waals surface area contributed by atoms with Crippen molar-refractivity contribution in [1.82, 2.24) is 15.0 Å². The lowest BCUT2D eigenvalue weighted by molar-refractivity contribution is 0.308. The molecule has 5 nitrogen and oxygen atoms in total. The zero-order valence-electron chi connectivity index (χ0n) is 13.4. The minimum absolute atomic E-state index is 0.0564. The molecule has 1 aliphatic heterocycles. The van der Waals surface area contributed by atoms with E-state index in [2.05, 4.69) is 49.8 Å². The quantitative estimate of drug-likeness (QED) is 0.618. The van der Waals surface area contributed by atoms with Crippen LogP contribution in [0.1, 0.15) is 24.5 Å². The van der Waals surface area contributed by atoms with Crippen LogP contribution in [-0.4, -0.2) is 21.1 Å². The number of fused-ring (bicyclic) bond motifs is 4. The third-order valence-corrected chi connectivity index (χ3v) is 5.94. The second-order valence-corrected chi connectivity index (χ2v) is 7.88. The lowest BCUT2D eigenvalue weighted by atomic mass is 9.92. The van der Waals surface area contributed by atoms with Crippen molar-refractivity contribution in [2.24, 2.45) is 0 Å². The first kappa shape index (κ1) is 15.2. The number of ether oxygens (including phenoxy) is 1. The smallest absolute Gasteiger partial charge is 0.137 e. The number of benzene rings is 1. The van der Waals surface area contributed by atoms with Crippen LogP contribution < -0.4 is 10.1 Å². The predicted octanol–water partition coefficient (Wildman–Crippen LogP) is 3.80. The number of anilines is 1. The molecule has 1 N–H and O–H groups in total. The molecule has 2 aliphatic rings. The number of nitrogens with zero attached hydrogens (tertiary/aromatic N) is 3. The minimum Gasteiger partial charge on any atom is -0.489 e. The predicted molar refractivity (Wildman–Crippen MR) is 100 cm³/mol. The molecular weight excluding hydrogens is 434 g/mol. The van der Waals surface area contributed by atoms with E-state index in [-0.39, 0.29) is 17.3 Å². The molecular formula is C18H14FIN4O. The zero-order valence-corrected chi connectivity index (χ0v) is 15.5. The van der Waals surface area contributed by atoms with E-state index < -0.39 is 0 Å². The first-order valence-electron chi connectivity index (χ1n) is 8.04. The van der Waals surface area contributed by atoms with Crippen LogP contribution in [0, 0.1) is 9.39 Å². The molecule has 3 heterocycles. The molecule has 0 amide bonds. The van der Waals surface area contributed by atoms with Crippen molar-refractivity contribution >= 4 is 39.3 Å². The highest BCUT2D eigenvalue weighted by Gasteiger charge is 2.60. The third-order valence-electron chi connectivity index (χ3n) is 5.15. The van der Waals surface area contributed by atoms with Crippen LogP contribution in [0.5, 0.6) is 5.75 Å². The molecule has 0 unspecified atom stereocenters. The van der Waals surface area contributed by atoms with E-state index in [0.717, 1.165) is 32.2 Å². The lowest BCUT2D eigenvalue weighted by Gasteiger charge is -2.16. The summed E-state index contributed by atoms with van der Waals surface area (Å²) in [5.41, 5.74) is 2.44. The largest absolute Gasteiger partial charge is 0.489 e.